The molecule has 0 radical (unpaired) electrons. The van der Waals surface area contributed by atoms with E-state index >= 15 is 0 Å². The maximum Gasteiger partial charge on any atom is 0.330 e. The highest BCUT2D eigenvalue weighted by Crippen LogP contribution is 2.40. The summed E-state index contributed by atoms with van der Waals surface area (Å²) in [5.41, 5.74) is -2.59. The first-order valence-corrected chi connectivity index (χ1v) is 13.0. The van der Waals surface area contributed by atoms with E-state index in [-0.39, 0.29) is 23.4 Å². The van der Waals surface area contributed by atoms with Gasteiger partial charge in [0, 0.05) is 23.5 Å². The molecule has 3 aliphatic heterocycles. The van der Waals surface area contributed by atoms with Crippen LogP contribution in [0, 0.1) is 13.8 Å². The van der Waals surface area contributed by atoms with Gasteiger partial charge in [-0.05, 0) is 13.8 Å². The molecular weight excluding hydrogens is 542 g/mol. The summed E-state index contributed by atoms with van der Waals surface area (Å²) in [7, 11) is 0. The molecule has 39 heavy (non-hydrogen) atoms. The van der Waals surface area contributed by atoms with Gasteiger partial charge in [0.15, 0.2) is 12.5 Å². The first kappa shape index (κ1) is 27.5. The Morgan fingerprint density at radius 2 is 1.33 bits per heavy atom. The Bertz CT molecular complexity index is 1520. The molecule has 0 spiro atoms. The minimum atomic E-state index is -1.58. The first-order chi connectivity index (χ1) is 18.4. The summed E-state index contributed by atoms with van der Waals surface area (Å²) in [4.78, 5) is 66.3. The minimum absolute atomic E-state index is 0.0247. The predicted molar refractivity (Wildman–Crippen MR) is 132 cm³/mol. The van der Waals surface area contributed by atoms with Gasteiger partial charge in [-0.1, -0.05) is 0 Å². The normalized spacial score (nSPS) is 34.8. The number of nitrogens with one attached hydrogen (secondary N) is 2. The van der Waals surface area contributed by atoms with E-state index in [1.54, 1.807) is 0 Å². The number of aromatic amines is 2. The number of aliphatic hydroxyl groups is 4. The lowest BCUT2D eigenvalue weighted by Crippen LogP contribution is -2.50. The van der Waals surface area contributed by atoms with Crippen molar-refractivity contribution in [3.8, 4) is 0 Å². The zero-order valence-corrected chi connectivity index (χ0v) is 21.5. The van der Waals surface area contributed by atoms with E-state index in [2.05, 4.69) is 9.97 Å². The Labute approximate surface area is 222 Å². The molecule has 1 amide bonds. The Balaban J connectivity index is 1.37. The van der Waals surface area contributed by atoms with E-state index in [1.165, 1.54) is 31.1 Å². The number of aryl methyl sites for hydroxylation is 2. The third kappa shape index (κ3) is 4.69. The van der Waals surface area contributed by atoms with Crippen LogP contribution in [0.5, 0.6) is 0 Å². The van der Waals surface area contributed by atoms with E-state index in [1.807, 2.05) is 0 Å². The Morgan fingerprint density at radius 1 is 0.821 bits per heavy atom. The number of hydrogen-bond donors (Lipinski definition) is 6. The molecule has 6 N–H and O–H groups in total. The SMILES string of the molecule is Cc1cn([C@@H]2O[C@H]([C@@H]3SCC(=O)N3C[C@H]3O[C@@H](n4cc(C)c(=O)[nH]c4=O)[C@H](O)[C@@H]3O)[C@@H](O)[C@H]2O)c(=O)[nH]c1=O. The lowest BCUT2D eigenvalue weighted by Gasteiger charge is -2.32. The van der Waals surface area contributed by atoms with Gasteiger partial charge in [0.25, 0.3) is 11.1 Å². The molecule has 0 saturated carbocycles. The standard InChI is InChI=1S/C22H27N5O11S/c1-7-3-26(21(35)23-16(7)33)18-13(31)11(29)9(37-18)5-25-10(28)6-39-20(25)15-12(30)14(32)19(38-15)27-4-8(2)17(34)24-22(27)36/h3-4,9,11-15,18-20,29-32H,5-6H2,1-2H3,(H,23,33,35)(H,24,34,36)/t9-,11-,12+,13-,14-,15+,18-,19-,20+/m1/s1. The van der Waals surface area contributed by atoms with Crippen LogP contribution in [0.2, 0.25) is 0 Å². The zero-order valence-electron chi connectivity index (χ0n) is 20.7. The number of aliphatic hydroxyl groups excluding tert-OH is 4. The molecule has 212 valence electrons. The van der Waals surface area contributed by atoms with Gasteiger partial charge in [-0.15, -0.1) is 11.8 Å². The topological polar surface area (TPSA) is 229 Å². The number of amides is 1. The van der Waals surface area contributed by atoms with Crippen LogP contribution in [0.25, 0.3) is 0 Å². The van der Waals surface area contributed by atoms with Crippen molar-refractivity contribution in [3.63, 3.8) is 0 Å². The van der Waals surface area contributed by atoms with Crippen molar-refractivity contribution in [1.82, 2.24) is 24.0 Å². The number of aromatic nitrogens is 4. The van der Waals surface area contributed by atoms with Crippen LogP contribution in [-0.2, 0) is 14.3 Å². The second-order valence-electron chi connectivity index (χ2n) is 9.72. The van der Waals surface area contributed by atoms with Crippen LogP contribution >= 0.6 is 11.8 Å². The Hall–Kier alpha value is -3.06. The highest BCUT2D eigenvalue weighted by Gasteiger charge is 2.53. The summed E-state index contributed by atoms with van der Waals surface area (Å²) in [6, 6.07) is 0. The third-order valence-electron chi connectivity index (χ3n) is 7.12. The van der Waals surface area contributed by atoms with Gasteiger partial charge < -0.3 is 34.8 Å². The molecule has 3 fully saturated rings. The summed E-state index contributed by atoms with van der Waals surface area (Å²) in [5.74, 6) is -0.426. The third-order valence-corrected chi connectivity index (χ3v) is 8.39. The molecule has 5 rings (SSSR count). The van der Waals surface area contributed by atoms with Gasteiger partial charge in [0.2, 0.25) is 5.91 Å². The molecule has 0 aliphatic carbocycles. The summed E-state index contributed by atoms with van der Waals surface area (Å²) < 4.78 is 13.5. The number of ether oxygens (including phenoxy) is 2. The number of nitrogens with zero attached hydrogens (tertiary/aromatic N) is 3. The molecule has 9 atom stereocenters. The highest BCUT2D eigenvalue weighted by molar-refractivity contribution is 8.01. The van der Waals surface area contributed by atoms with Crippen molar-refractivity contribution in [1.29, 1.82) is 0 Å². The quantitative estimate of drug-likeness (QED) is 0.202. The van der Waals surface area contributed by atoms with Crippen molar-refractivity contribution < 1.29 is 34.7 Å². The molecule has 3 aliphatic rings. The monoisotopic (exact) mass is 569 g/mol. The van der Waals surface area contributed by atoms with Gasteiger partial charge in [-0.2, -0.15) is 0 Å². The van der Waals surface area contributed by atoms with Crippen LogP contribution in [0.3, 0.4) is 0 Å². The first-order valence-electron chi connectivity index (χ1n) is 12.0. The van der Waals surface area contributed by atoms with Gasteiger partial charge in [-0.3, -0.25) is 33.5 Å². The van der Waals surface area contributed by atoms with E-state index in [0.717, 1.165) is 20.9 Å². The van der Waals surface area contributed by atoms with Crippen LogP contribution in [0.4, 0.5) is 0 Å². The van der Waals surface area contributed by atoms with Gasteiger partial charge in [-0.25, -0.2) is 9.59 Å². The largest absolute Gasteiger partial charge is 0.387 e. The van der Waals surface area contributed by atoms with Crippen LogP contribution < -0.4 is 22.5 Å². The summed E-state index contributed by atoms with van der Waals surface area (Å²) in [6.45, 7) is 2.63. The van der Waals surface area contributed by atoms with E-state index in [4.69, 9.17) is 9.47 Å². The van der Waals surface area contributed by atoms with E-state index in [9.17, 15) is 44.4 Å². The smallest absolute Gasteiger partial charge is 0.330 e. The molecule has 2 aromatic rings. The van der Waals surface area contributed by atoms with E-state index < -0.39 is 82.9 Å². The summed E-state index contributed by atoms with van der Waals surface area (Å²) in [6.07, 6.45) is -8.88. The van der Waals surface area contributed by atoms with Crippen molar-refractivity contribution >= 4 is 17.7 Å². The number of thioether (sulfide) groups is 1. The number of carbonyl (C=O) groups is 1. The van der Waals surface area contributed by atoms with Crippen molar-refractivity contribution in [2.24, 2.45) is 0 Å². The number of carbonyl (C=O) groups excluding carboxylic acids is 1. The molecule has 0 bridgehead atoms. The fourth-order valence-corrected chi connectivity index (χ4v) is 6.23. The molecule has 3 saturated heterocycles. The summed E-state index contributed by atoms with van der Waals surface area (Å²) >= 11 is 1.10. The minimum Gasteiger partial charge on any atom is -0.387 e. The second-order valence-corrected chi connectivity index (χ2v) is 10.8. The van der Waals surface area contributed by atoms with Gasteiger partial charge >= 0.3 is 11.4 Å². The molecule has 0 unspecified atom stereocenters. The van der Waals surface area contributed by atoms with Crippen LogP contribution in [-0.4, -0.2) is 105 Å². The molecule has 17 heteroatoms. The van der Waals surface area contributed by atoms with Crippen LogP contribution in [0.1, 0.15) is 23.6 Å². The van der Waals surface area contributed by atoms with Crippen molar-refractivity contribution in [2.75, 3.05) is 12.3 Å². The average molecular weight is 570 g/mol. The maximum atomic E-state index is 12.8. The number of H-pyrrole nitrogens is 2. The van der Waals surface area contributed by atoms with Crippen molar-refractivity contribution in [3.05, 3.63) is 65.2 Å². The van der Waals surface area contributed by atoms with E-state index in [0.29, 0.717) is 0 Å². The summed E-state index contributed by atoms with van der Waals surface area (Å²) in [5, 5.41) is 41.9. The van der Waals surface area contributed by atoms with Crippen LogP contribution in [0.15, 0.2) is 31.6 Å². The lowest BCUT2D eigenvalue weighted by molar-refractivity contribution is -0.135. The van der Waals surface area contributed by atoms with Crippen molar-refractivity contribution in [2.45, 2.75) is 68.3 Å². The molecule has 16 nitrogen and oxygen atoms in total. The predicted octanol–water partition coefficient (Wildman–Crippen LogP) is -4.16. The molecular formula is C22H27N5O11S. The van der Waals surface area contributed by atoms with Gasteiger partial charge in [0.05, 0.1) is 12.3 Å². The Morgan fingerprint density at radius 3 is 1.90 bits per heavy atom. The number of rotatable bonds is 5. The second kappa shape index (κ2) is 10.2. The lowest BCUT2D eigenvalue weighted by atomic mass is 10.1. The fourth-order valence-electron chi connectivity index (χ4n) is 4.95. The molecule has 5 heterocycles. The molecule has 2 aromatic heterocycles. The zero-order chi connectivity index (χ0) is 28.3. The average Bonchev–Trinajstić information content (AvgIpc) is 3.48. The fraction of sp³-hybridized carbons (Fsp3) is 0.591. The highest BCUT2D eigenvalue weighted by atomic mass is 32.2. The van der Waals surface area contributed by atoms with Gasteiger partial charge in [0.1, 0.15) is 42.0 Å². The number of hydrogen-bond acceptors (Lipinski definition) is 12. The molecule has 0 aromatic carbocycles. The Kier molecular flexibility index (Phi) is 7.17. The maximum absolute atomic E-state index is 12.8.